The number of halogens is 1. The van der Waals surface area contributed by atoms with E-state index in [9.17, 15) is 9.90 Å². The van der Waals surface area contributed by atoms with Gasteiger partial charge in [-0.2, -0.15) is 0 Å². The number of nitrogens with zero attached hydrogens (tertiary/aromatic N) is 3. The van der Waals surface area contributed by atoms with E-state index >= 15 is 0 Å². The third-order valence-electron chi connectivity index (χ3n) is 4.38. The van der Waals surface area contributed by atoms with E-state index in [1.54, 1.807) is 12.1 Å². The first-order chi connectivity index (χ1) is 12.5. The Labute approximate surface area is 160 Å². The van der Waals surface area contributed by atoms with Crippen molar-refractivity contribution in [3.8, 4) is 11.6 Å². The molecule has 0 unspecified atom stereocenters. The minimum Gasteiger partial charge on any atom is -0.419 e. The Hall–Kier alpha value is -2.25. The summed E-state index contributed by atoms with van der Waals surface area (Å²) in [4.78, 5) is 13.1. The van der Waals surface area contributed by atoms with E-state index in [2.05, 4.69) is 26.1 Å². The van der Waals surface area contributed by atoms with Crippen LogP contribution in [-0.2, 0) is 13.0 Å². The van der Waals surface area contributed by atoms with Gasteiger partial charge in [0.1, 0.15) is 5.69 Å². The SMILES string of the molecule is CCc1nnc(-c2c(C)c(C(=O)c3cccc(Br)c3)c(C)n2CCO)o1. The lowest BCUT2D eigenvalue weighted by Crippen LogP contribution is -2.08. The highest BCUT2D eigenvalue weighted by atomic mass is 79.9. The molecule has 0 amide bonds. The van der Waals surface area contributed by atoms with Crippen LogP contribution >= 0.6 is 15.9 Å². The van der Waals surface area contributed by atoms with Crippen LogP contribution in [0.4, 0.5) is 0 Å². The first-order valence-electron chi connectivity index (χ1n) is 8.41. The van der Waals surface area contributed by atoms with Gasteiger partial charge in [0.25, 0.3) is 5.89 Å². The standard InChI is InChI=1S/C19H20BrN3O3/c1-4-15-21-22-19(26-15)17-11(2)16(12(3)23(17)8-9-24)18(25)13-6-5-7-14(20)10-13/h5-7,10,24H,4,8-9H2,1-3H3. The molecule has 2 heterocycles. The fourth-order valence-electron chi connectivity index (χ4n) is 3.15. The minimum atomic E-state index is -0.0746. The van der Waals surface area contributed by atoms with Gasteiger partial charge in [0.2, 0.25) is 5.89 Å². The van der Waals surface area contributed by atoms with Gasteiger partial charge >= 0.3 is 0 Å². The molecule has 1 N–H and O–H groups in total. The van der Waals surface area contributed by atoms with Crippen molar-refractivity contribution in [1.82, 2.24) is 14.8 Å². The van der Waals surface area contributed by atoms with Gasteiger partial charge in [-0.05, 0) is 31.5 Å². The summed E-state index contributed by atoms with van der Waals surface area (Å²) in [5.74, 6) is 0.826. The number of hydrogen-bond donors (Lipinski definition) is 1. The lowest BCUT2D eigenvalue weighted by Gasteiger charge is -2.08. The Bertz CT molecular complexity index is 959. The maximum absolute atomic E-state index is 13.1. The summed E-state index contributed by atoms with van der Waals surface area (Å²) in [6.45, 7) is 5.97. The van der Waals surface area contributed by atoms with Crippen molar-refractivity contribution in [2.24, 2.45) is 0 Å². The number of carbonyl (C=O) groups excluding carboxylic acids is 1. The molecule has 0 bridgehead atoms. The van der Waals surface area contributed by atoms with Crippen LogP contribution in [0.25, 0.3) is 11.6 Å². The van der Waals surface area contributed by atoms with Crippen LogP contribution < -0.4 is 0 Å². The smallest absolute Gasteiger partial charge is 0.264 e. The lowest BCUT2D eigenvalue weighted by molar-refractivity contribution is 0.103. The van der Waals surface area contributed by atoms with Gasteiger partial charge in [-0.15, -0.1) is 10.2 Å². The van der Waals surface area contributed by atoms with Gasteiger partial charge < -0.3 is 14.1 Å². The molecule has 2 aromatic heterocycles. The molecule has 26 heavy (non-hydrogen) atoms. The molecule has 1 aromatic carbocycles. The average molecular weight is 418 g/mol. The summed E-state index contributed by atoms with van der Waals surface area (Å²) in [5.41, 5.74) is 3.42. The number of carbonyl (C=O) groups is 1. The normalized spacial score (nSPS) is 11.1. The average Bonchev–Trinajstić information content (AvgIpc) is 3.18. The fraction of sp³-hybridized carbons (Fsp3) is 0.316. The molecular weight excluding hydrogens is 398 g/mol. The number of rotatable bonds is 6. The first kappa shape index (κ1) is 18.5. The first-order valence-corrected chi connectivity index (χ1v) is 9.20. The maximum atomic E-state index is 13.1. The number of aliphatic hydroxyl groups excluding tert-OH is 1. The molecule has 0 aliphatic heterocycles. The summed E-state index contributed by atoms with van der Waals surface area (Å²) in [6, 6.07) is 7.30. The molecule has 0 aliphatic carbocycles. The van der Waals surface area contributed by atoms with E-state index in [4.69, 9.17) is 4.42 Å². The minimum absolute atomic E-state index is 0.0543. The molecule has 0 radical (unpaired) electrons. The Balaban J connectivity index is 2.17. The molecule has 7 heteroatoms. The number of hydrogen-bond acceptors (Lipinski definition) is 5. The van der Waals surface area contributed by atoms with Crippen LogP contribution in [0.1, 0.15) is 40.0 Å². The summed E-state index contributed by atoms with van der Waals surface area (Å²) < 4.78 is 8.43. The van der Waals surface area contributed by atoms with Crippen LogP contribution in [0.5, 0.6) is 0 Å². The highest BCUT2D eigenvalue weighted by Crippen LogP contribution is 2.32. The van der Waals surface area contributed by atoms with Crippen LogP contribution in [0.15, 0.2) is 33.2 Å². The maximum Gasteiger partial charge on any atom is 0.264 e. The third kappa shape index (κ3) is 3.24. The van der Waals surface area contributed by atoms with E-state index in [-0.39, 0.29) is 12.4 Å². The fourth-order valence-corrected chi connectivity index (χ4v) is 3.55. The topological polar surface area (TPSA) is 81.2 Å². The largest absolute Gasteiger partial charge is 0.419 e. The van der Waals surface area contributed by atoms with Crippen molar-refractivity contribution < 1.29 is 14.3 Å². The summed E-state index contributed by atoms with van der Waals surface area (Å²) in [7, 11) is 0. The predicted molar refractivity (Wildman–Crippen MR) is 101 cm³/mol. The highest BCUT2D eigenvalue weighted by molar-refractivity contribution is 9.10. The molecule has 0 saturated heterocycles. The van der Waals surface area contributed by atoms with Crippen LogP contribution in [0.2, 0.25) is 0 Å². The van der Waals surface area contributed by atoms with Crippen molar-refractivity contribution in [2.75, 3.05) is 6.61 Å². The Morgan fingerprint density at radius 3 is 2.69 bits per heavy atom. The molecule has 0 atom stereocenters. The van der Waals surface area contributed by atoms with Gasteiger partial charge in [-0.25, -0.2) is 0 Å². The van der Waals surface area contributed by atoms with Gasteiger partial charge in [0, 0.05) is 34.3 Å². The molecule has 0 aliphatic rings. The van der Waals surface area contributed by atoms with Gasteiger partial charge in [-0.3, -0.25) is 4.79 Å². The van der Waals surface area contributed by atoms with Crippen molar-refractivity contribution in [3.05, 3.63) is 57.0 Å². The molecule has 0 fully saturated rings. The van der Waals surface area contributed by atoms with E-state index in [0.717, 1.165) is 15.7 Å². The lowest BCUT2D eigenvalue weighted by atomic mass is 10.00. The molecular formula is C19H20BrN3O3. The van der Waals surface area contributed by atoms with Gasteiger partial charge in [0.15, 0.2) is 5.78 Å². The number of aromatic nitrogens is 3. The molecule has 3 aromatic rings. The summed E-state index contributed by atoms with van der Waals surface area (Å²) in [6.07, 6.45) is 0.634. The quantitative estimate of drug-likeness (QED) is 0.618. The summed E-state index contributed by atoms with van der Waals surface area (Å²) >= 11 is 3.41. The van der Waals surface area contributed by atoms with Crippen molar-refractivity contribution in [3.63, 3.8) is 0 Å². The van der Waals surface area contributed by atoms with Crippen molar-refractivity contribution in [1.29, 1.82) is 0 Å². The number of aryl methyl sites for hydroxylation is 1. The monoisotopic (exact) mass is 417 g/mol. The zero-order valence-corrected chi connectivity index (χ0v) is 16.5. The van der Waals surface area contributed by atoms with Crippen molar-refractivity contribution >= 4 is 21.7 Å². The molecule has 3 rings (SSSR count). The highest BCUT2D eigenvalue weighted by Gasteiger charge is 2.26. The second-order valence-corrected chi connectivity index (χ2v) is 6.92. The Morgan fingerprint density at radius 2 is 2.08 bits per heavy atom. The number of ketones is 1. The predicted octanol–water partition coefficient (Wildman–Crippen LogP) is 3.70. The number of benzene rings is 1. The van der Waals surface area contributed by atoms with E-state index in [1.807, 2.05) is 37.5 Å². The molecule has 6 nitrogen and oxygen atoms in total. The van der Waals surface area contributed by atoms with E-state index in [1.165, 1.54) is 0 Å². The number of aliphatic hydroxyl groups is 1. The van der Waals surface area contributed by atoms with Crippen molar-refractivity contribution in [2.45, 2.75) is 33.7 Å². The zero-order chi connectivity index (χ0) is 18.8. The van der Waals surface area contributed by atoms with Crippen LogP contribution in [0, 0.1) is 13.8 Å². The molecule has 136 valence electrons. The Kier molecular flexibility index (Phi) is 5.38. The van der Waals surface area contributed by atoms with Crippen LogP contribution in [-0.4, -0.2) is 32.3 Å². The van der Waals surface area contributed by atoms with Gasteiger partial charge in [0.05, 0.1) is 6.61 Å². The third-order valence-corrected chi connectivity index (χ3v) is 4.87. The second-order valence-electron chi connectivity index (χ2n) is 6.00. The van der Waals surface area contributed by atoms with Gasteiger partial charge in [-0.1, -0.05) is 35.0 Å². The summed E-state index contributed by atoms with van der Waals surface area (Å²) in [5, 5.41) is 17.6. The molecule has 0 spiro atoms. The van der Waals surface area contributed by atoms with E-state index in [0.29, 0.717) is 41.6 Å². The second kappa shape index (κ2) is 7.55. The molecule has 0 saturated carbocycles. The zero-order valence-electron chi connectivity index (χ0n) is 14.9. The van der Waals surface area contributed by atoms with E-state index < -0.39 is 0 Å². The Morgan fingerprint density at radius 1 is 1.31 bits per heavy atom. The van der Waals surface area contributed by atoms with Crippen LogP contribution in [0.3, 0.4) is 0 Å².